The lowest BCUT2D eigenvalue weighted by atomic mass is 10.1. The Hall–Kier alpha value is -1.07. The monoisotopic (exact) mass is 240 g/mol. The summed E-state index contributed by atoms with van der Waals surface area (Å²) in [6.45, 7) is 3.67. The highest BCUT2D eigenvalue weighted by molar-refractivity contribution is 7.88. The van der Waals surface area contributed by atoms with E-state index in [-0.39, 0.29) is 0 Å². The molecule has 1 heterocycles. The second-order valence-corrected chi connectivity index (χ2v) is 6.11. The molecule has 4 nitrogen and oxygen atoms in total. The summed E-state index contributed by atoms with van der Waals surface area (Å²) < 4.78 is 24.6. The number of nitrogens with zero attached hydrogens (tertiary/aromatic N) is 1. The number of hydrogen-bond donors (Lipinski definition) is 1. The molecule has 0 bridgehead atoms. The number of aryl methyl sites for hydroxylation is 1. The van der Waals surface area contributed by atoms with Crippen molar-refractivity contribution >= 4 is 15.7 Å². The van der Waals surface area contributed by atoms with E-state index in [4.69, 9.17) is 0 Å². The van der Waals surface area contributed by atoms with Crippen molar-refractivity contribution in [1.29, 1.82) is 0 Å². The minimum absolute atomic E-state index is 0.461. The number of para-hydroxylation sites is 1. The minimum atomic E-state index is -3.11. The van der Waals surface area contributed by atoms with Gasteiger partial charge in [0, 0.05) is 25.3 Å². The van der Waals surface area contributed by atoms with Gasteiger partial charge in [0.1, 0.15) is 0 Å². The van der Waals surface area contributed by atoms with Gasteiger partial charge in [0.15, 0.2) is 0 Å². The highest BCUT2D eigenvalue weighted by Gasteiger charge is 2.21. The molecule has 1 aromatic carbocycles. The van der Waals surface area contributed by atoms with Gasteiger partial charge in [-0.05, 0) is 18.1 Å². The molecular formula is C11H16N2O2S. The molecule has 0 saturated carbocycles. The van der Waals surface area contributed by atoms with Crippen LogP contribution < -0.4 is 5.32 Å². The Morgan fingerprint density at radius 3 is 2.81 bits per heavy atom. The number of rotatable bonds is 1. The molecular weight excluding hydrogens is 224 g/mol. The standard InChI is InChI=1S/C11H16N2O2S/c1-9-4-3-5-10-8-13(16(2,14)15)7-6-12-11(9)10/h3-5,12H,6-8H2,1-2H3. The first kappa shape index (κ1) is 11.4. The van der Waals surface area contributed by atoms with Crippen LogP contribution in [-0.2, 0) is 16.6 Å². The first-order valence-corrected chi connectivity index (χ1v) is 7.11. The van der Waals surface area contributed by atoms with Gasteiger partial charge >= 0.3 is 0 Å². The van der Waals surface area contributed by atoms with Gasteiger partial charge in [0.2, 0.25) is 10.0 Å². The van der Waals surface area contributed by atoms with E-state index in [1.54, 1.807) is 0 Å². The predicted molar refractivity (Wildman–Crippen MR) is 64.9 cm³/mol. The van der Waals surface area contributed by atoms with Crippen molar-refractivity contribution in [2.24, 2.45) is 0 Å². The quantitative estimate of drug-likeness (QED) is 0.802. The van der Waals surface area contributed by atoms with E-state index in [0.717, 1.165) is 16.8 Å². The second-order valence-electron chi connectivity index (χ2n) is 4.13. The molecule has 16 heavy (non-hydrogen) atoms. The van der Waals surface area contributed by atoms with Crippen molar-refractivity contribution in [3.05, 3.63) is 29.3 Å². The third kappa shape index (κ3) is 2.20. The maximum Gasteiger partial charge on any atom is 0.211 e. The average molecular weight is 240 g/mol. The van der Waals surface area contributed by atoms with Crippen LogP contribution in [-0.4, -0.2) is 32.1 Å². The van der Waals surface area contributed by atoms with E-state index in [2.05, 4.69) is 5.32 Å². The molecule has 0 aromatic heterocycles. The molecule has 5 heteroatoms. The van der Waals surface area contributed by atoms with Gasteiger partial charge in [-0.2, -0.15) is 4.31 Å². The fourth-order valence-corrected chi connectivity index (χ4v) is 2.77. The normalized spacial score (nSPS) is 17.4. The molecule has 0 atom stereocenters. The fourth-order valence-electron chi connectivity index (χ4n) is 1.97. The Bertz CT molecular complexity index is 497. The largest absolute Gasteiger partial charge is 0.383 e. The van der Waals surface area contributed by atoms with Gasteiger partial charge in [0.25, 0.3) is 0 Å². The number of nitrogens with one attached hydrogen (secondary N) is 1. The fraction of sp³-hybridized carbons (Fsp3) is 0.455. The molecule has 0 spiro atoms. The van der Waals surface area contributed by atoms with E-state index < -0.39 is 10.0 Å². The summed E-state index contributed by atoms with van der Waals surface area (Å²) in [5.74, 6) is 0. The van der Waals surface area contributed by atoms with E-state index in [1.165, 1.54) is 10.6 Å². The summed E-state index contributed by atoms with van der Waals surface area (Å²) in [6.07, 6.45) is 1.26. The topological polar surface area (TPSA) is 49.4 Å². The van der Waals surface area contributed by atoms with Crippen LogP contribution in [0.3, 0.4) is 0 Å². The Morgan fingerprint density at radius 2 is 2.12 bits per heavy atom. The molecule has 88 valence electrons. The zero-order valence-electron chi connectivity index (χ0n) is 9.53. The van der Waals surface area contributed by atoms with Crippen LogP contribution in [0.15, 0.2) is 18.2 Å². The smallest absolute Gasteiger partial charge is 0.211 e. The number of hydrogen-bond acceptors (Lipinski definition) is 3. The first-order valence-electron chi connectivity index (χ1n) is 5.26. The Labute approximate surface area is 96.3 Å². The maximum atomic E-state index is 11.5. The van der Waals surface area contributed by atoms with E-state index in [9.17, 15) is 8.42 Å². The van der Waals surface area contributed by atoms with Gasteiger partial charge in [-0.15, -0.1) is 0 Å². The molecule has 0 aliphatic carbocycles. The van der Waals surface area contributed by atoms with E-state index >= 15 is 0 Å². The van der Waals surface area contributed by atoms with Crippen molar-refractivity contribution in [3.63, 3.8) is 0 Å². The summed E-state index contributed by atoms with van der Waals surface area (Å²) in [5.41, 5.74) is 3.28. The summed E-state index contributed by atoms with van der Waals surface area (Å²) in [6, 6.07) is 5.96. The highest BCUT2D eigenvalue weighted by Crippen LogP contribution is 2.24. The lowest BCUT2D eigenvalue weighted by Gasteiger charge is -2.16. The number of fused-ring (bicyclic) bond motifs is 1. The number of benzene rings is 1. The lowest BCUT2D eigenvalue weighted by molar-refractivity contribution is 0.428. The molecule has 1 aliphatic rings. The molecule has 1 N–H and O–H groups in total. The van der Waals surface area contributed by atoms with E-state index in [1.807, 2.05) is 25.1 Å². The van der Waals surface area contributed by atoms with Crippen LogP contribution in [0.1, 0.15) is 11.1 Å². The molecule has 2 rings (SSSR count). The van der Waals surface area contributed by atoms with Crippen molar-refractivity contribution in [2.45, 2.75) is 13.5 Å². The van der Waals surface area contributed by atoms with Crippen LogP contribution in [0.25, 0.3) is 0 Å². The summed E-state index contributed by atoms with van der Waals surface area (Å²) in [4.78, 5) is 0. The second kappa shape index (κ2) is 4.07. The maximum absolute atomic E-state index is 11.5. The first-order chi connectivity index (χ1) is 7.48. The van der Waals surface area contributed by atoms with Crippen molar-refractivity contribution in [3.8, 4) is 0 Å². The van der Waals surface area contributed by atoms with Gasteiger partial charge in [-0.1, -0.05) is 18.2 Å². The van der Waals surface area contributed by atoms with Crippen molar-refractivity contribution in [1.82, 2.24) is 4.31 Å². The predicted octanol–water partition coefficient (Wildman–Crippen LogP) is 1.18. The number of sulfonamides is 1. The van der Waals surface area contributed by atoms with Crippen LogP contribution in [0, 0.1) is 6.92 Å². The van der Waals surface area contributed by atoms with Crippen LogP contribution in [0.5, 0.6) is 0 Å². The number of anilines is 1. The Morgan fingerprint density at radius 1 is 1.38 bits per heavy atom. The molecule has 1 aliphatic heterocycles. The van der Waals surface area contributed by atoms with Gasteiger partial charge in [0.05, 0.1) is 6.26 Å². The lowest BCUT2D eigenvalue weighted by Crippen LogP contribution is -2.31. The van der Waals surface area contributed by atoms with Gasteiger partial charge in [-0.3, -0.25) is 0 Å². The van der Waals surface area contributed by atoms with Gasteiger partial charge < -0.3 is 5.32 Å². The third-order valence-corrected chi connectivity index (χ3v) is 4.09. The molecule has 0 radical (unpaired) electrons. The molecule has 1 aromatic rings. The van der Waals surface area contributed by atoms with Crippen molar-refractivity contribution < 1.29 is 8.42 Å². The summed E-state index contributed by atoms with van der Waals surface area (Å²) in [5, 5.41) is 3.29. The molecule has 0 fully saturated rings. The molecule has 0 unspecified atom stereocenters. The zero-order chi connectivity index (χ0) is 11.8. The van der Waals surface area contributed by atoms with Crippen LogP contribution >= 0.6 is 0 Å². The Balaban J connectivity index is 2.39. The third-order valence-electron chi connectivity index (χ3n) is 2.84. The molecule has 0 saturated heterocycles. The SMILES string of the molecule is Cc1cccc2c1NCCN(S(C)(=O)=O)C2. The van der Waals surface area contributed by atoms with E-state index in [0.29, 0.717) is 19.6 Å². The zero-order valence-corrected chi connectivity index (χ0v) is 10.3. The highest BCUT2D eigenvalue weighted by atomic mass is 32.2. The summed E-state index contributed by atoms with van der Waals surface area (Å²) in [7, 11) is -3.11. The molecule has 0 amide bonds. The average Bonchev–Trinajstić information content (AvgIpc) is 2.39. The Kier molecular flexibility index (Phi) is 2.90. The van der Waals surface area contributed by atoms with Crippen LogP contribution in [0.2, 0.25) is 0 Å². The van der Waals surface area contributed by atoms with Gasteiger partial charge in [-0.25, -0.2) is 8.42 Å². The van der Waals surface area contributed by atoms with Crippen molar-refractivity contribution in [2.75, 3.05) is 24.7 Å². The van der Waals surface area contributed by atoms with Crippen LogP contribution in [0.4, 0.5) is 5.69 Å². The minimum Gasteiger partial charge on any atom is -0.383 e. The summed E-state index contributed by atoms with van der Waals surface area (Å²) >= 11 is 0.